The van der Waals surface area contributed by atoms with Crippen molar-refractivity contribution < 1.29 is 9.13 Å². The minimum absolute atomic E-state index is 0.202. The Balaban J connectivity index is 1.93. The summed E-state index contributed by atoms with van der Waals surface area (Å²) in [5, 5.41) is 0.761. The first-order valence-electron chi connectivity index (χ1n) is 9.48. The first-order chi connectivity index (χ1) is 12.6. The quantitative estimate of drug-likeness (QED) is 0.512. The van der Waals surface area contributed by atoms with Crippen LogP contribution in [0.5, 0.6) is 0 Å². The Morgan fingerprint density at radius 3 is 2.27 bits per heavy atom. The van der Waals surface area contributed by atoms with Gasteiger partial charge < -0.3 is 4.74 Å². The third-order valence-corrected chi connectivity index (χ3v) is 6.30. The highest BCUT2D eigenvalue weighted by atomic mass is 79.9. The second-order valence-corrected chi connectivity index (χ2v) is 8.40. The molecule has 0 spiro atoms. The van der Waals surface area contributed by atoms with Crippen LogP contribution in [-0.2, 0) is 16.7 Å². The number of benzene rings is 1. The fourth-order valence-corrected chi connectivity index (χ4v) is 4.82. The zero-order chi connectivity index (χ0) is 18.3. The molecule has 2 aliphatic rings. The van der Waals surface area contributed by atoms with Crippen LogP contribution in [0, 0.1) is 11.7 Å². The van der Waals surface area contributed by atoms with Crippen molar-refractivity contribution in [2.24, 2.45) is 5.92 Å². The van der Waals surface area contributed by atoms with E-state index in [1.165, 1.54) is 53.8 Å². The van der Waals surface area contributed by atoms with Gasteiger partial charge in [0.2, 0.25) is 0 Å². The van der Waals surface area contributed by atoms with Crippen molar-refractivity contribution in [2.75, 3.05) is 7.11 Å². The van der Waals surface area contributed by atoms with Gasteiger partial charge in [-0.3, -0.25) is 4.98 Å². The normalized spacial score (nSPS) is 22.3. The fraction of sp³-hybridized carbons (Fsp3) is 0.500. The number of aromatic nitrogens is 1. The lowest BCUT2D eigenvalue weighted by Gasteiger charge is -2.35. The second-order valence-electron chi connectivity index (χ2n) is 7.84. The smallest absolute Gasteiger partial charge is 0.123 e. The summed E-state index contributed by atoms with van der Waals surface area (Å²) in [5.41, 5.74) is 7.17. The molecule has 2 fully saturated rings. The van der Waals surface area contributed by atoms with E-state index in [-0.39, 0.29) is 5.82 Å². The van der Waals surface area contributed by atoms with Crippen LogP contribution in [0.2, 0.25) is 0 Å². The molecule has 4 rings (SSSR count). The summed E-state index contributed by atoms with van der Waals surface area (Å²) >= 11 is 3.70. The number of pyridine rings is 1. The average Bonchev–Trinajstić information content (AvgIpc) is 3.45. The zero-order valence-electron chi connectivity index (χ0n) is 15.4. The van der Waals surface area contributed by atoms with Gasteiger partial charge in [-0.1, -0.05) is 35.0 Å². The molecule has 2 saturated carbocycles. The molecular weight excluding hydrogens is 393 g/mol. The van der Waals surface area contributed by atoms with E-state index in [2.05, 4.69) is 22.9 Å². The van der Waals surface area contributed by atoms with E-state index < -0.39 is 0 Å². The minimum Gasteiger partial charge on any atom is -0.380 e. The summed E-state index contributed by atoms with van der Waals surface area (Å²) in [6.45, 7) is 2.85. The molecule has 1 aromatic heterocycles. The lowest BCUT2D eigenvalue weighted by atomic mass is 9.72. The fourth-order valence-electron chi connectivity index (χ4n) is 4.25. The molecule has 0 saturated heterocycles. The molecule has 138 valence electrons. The van der Waals surface area contributed by atoms with Crippen molar-refractivity contribution in [1.29, 1.82) is 0 Å². The van der Waals surface area contributed by atoms with Crippen LogP contribution in [0.1, 0.15) is 67.0 Å². The molecule has 26 heavy (non-hydrogen) atoms. The molecular formula is C22H25BrFNO. The molecule has 0 unspecified atom stereocenters. The van der Waals surface area contributed by atoms with E-state index in [0.717, 1.165) is 16.8 Å². The Bertz CT molecular complexity index is 795. The monoisotopic (exact) mass is 417 g/mol. The highest BCUT2D eigenvalue weighted by Gasteiger charge is 2.35. The summed E-state index contributed by atoms with van der Waals surface area (Å²) < 4.78 is 19.1. The van der Waals surface area contributed by atoms with Crippen LogP contribution in [0.3, 0.4) is 0 Å². The van der Waals surface area contributed by atoms with Crippen LogP contribution in [0.4, 0.5) is 4.39 Å². The predicted molar refractivity (Wildman–Crippen MR) is 106 cm³/mol. The molecule has 0 amide bonds. The van der Waals surface area contributed by atoms with Crippen molar-refractivity contribution in [2.45, 2.75) is 56.4 Å². The number of rotatable bonds is 6. The summed E-state index contributed by atoms with van der Waals surface area (Å²) in [6.07, 6.45) is 4.84. The van der Waals surface area contributed by atoms with E-state index in [0.29, 0.717) is 18.4 Å². The molecule has 0 radical (unpaired) electrons. The van der Waals surface area contributed by atoms with Gasteiger partial charge in [0.25, 0.3) is 0 Å². The Labute approximate surface area is 163 Å². The van der Waals surface area contributed by atoms with Gasteiger partial charge in [0.05, 0.1) is 6.61 Å². The van der Waals surface area contributed by atoms with Crippen LogP contribution >= 0.6 is 15.9 Å². The molecule has 1 heterocycles. The van der Waals surface area contributed by atoms with Crippen LogP contribution in [0.25, 0.3) is 11.1 Å². The lowest BCUT2D eigenvalue weighted by molar-refractivity contribution is 0.181. The first kappa shape index (κ1) is 18.1. The van der Waals surface area contributed by atoms with Gasteiger partial charge in [0.15, 0.2) is 0 Å². The first-order valence-corrected chi connectivity index (χ1v) is 10.6. The highest BCUT2D eigenvalue weighted by molar-refractivity contribution is 9.08. The number of hydrogen-bond acceptors (Lipinski definition) is 2. The van der Waals surface area contributed by atoms with Crippen molar-refractivity contribution in [1.82, 2.24) is 4.98 Å². The summed E-state index contributed by atoms with van der Waals surface area (Å²) in [4.78, 5) is 5.20. The zero-order valence-corrected chi connectivity index (χ0v) is 17.0. The van der Waals surface area contributed by atoms with Crippen molar-refractivity contribution in [3.63, 3.8) is 0 Å². The van der Waals surface area contributed by atoms with Gasteiger partial charge in [-0.25, -0.2) is 4.39 Å². The van der Waals surface area contributed by atoms with E-state index in [9.17, 15) is 4.39 Å². The predicted octanol–water partition coefficient (Wildman–Crippen LogP) is 6.32. The van der Waals surface area contributed by atoms with Crippen LogP contribution in [-0.4, -0.2) is 12.1 Å². The standard InChI is InChI=1S/C22H25BrFNO/c1-13-9-16(10-13)22-19(12-26-2)20(14-5-7-17(24)8-6-14)18(11-23)21(25-22)15-3-4-15/h5-8,13,15-16H,3-4,9-12H2,1-2H3. The molecule has 4 heteroatoms. The molecule has 1 aromatic carbocycles. The molecule has 0 aliphatic heterocycles. The maximum Gasteiger partial charge on any atom is 0.123 e. The Morgan fingerprint density at radius 1 is 1.08 bits per heavy atom. The third kappa shape index (κ3) is 3.34. The Morgan fingerprint density at radius 2 is 1.73 bits per heavy atom. The van der Waals surface area contributed by atoms with Crippen LogP contribution < -0.4 is 0 Å². The largest absolute Gasteiger partial charge is 0.380 e. The van der Waals surface area contributed by atoms with E-state index in [1.54, 1.807) is 19.2 Å². The minimum atomic E-state index is -0.202. The summed E-state index contributed by atoms with van der Waals surface area (Å²) in [6, 6.07) is 6.87. The maximum atomic E-state index is 13.5. The molecule has 0 atom stereocenters. The van der Waals surface area contributed by atoms with E-state index >= 15 is 0 Å². The van der Waals surface area contributed by atoms with Crippen LogP contribution in [0.15, 0.2) is 24.3 Å². The van der Waals surface area contributed by atoms with Gasteiger partial charge in [-0.05, 0) is 60.4 Å². The molecule has 0 N–H and O–H groups in total. The van der Waals surface area contributed by atoms with Gasteiger partial charge in [0, 0.05) is 41.2 Å². The number of ether oxygens (including phenoxy) is 1. The number of methoxy groups -OCH3 is 1. The summed E-state index contributed by atoms with van der Waals surface area (Å²) in [5.74, 6) is 1.67. The molecule has 0 bridgehead atoms. The topological polar surface area (TPSA) is 22.1 Å². The third-order valence-electron chi connectivity index (χ3n) is 5.74. The van der Waals surface area contributed by atoms with Crippen molar-refractivity contribution in [3.05, 3.63) is 52.6 Å². The number of hydrogen-bond donors (Lipinski definition) is 0. The molecule has 2 nitrogen and oxygen atoms in total. The summed E-state index contributed by atoms with van der Waals surface area (Å²) in [7, 11) is 1.74. The van der Waals surface area contributed by atoms with E-state index in [1.807, 2.05) is 12.1 Å². The number of nitrogens with zero attached hydrogens (tertiary/aromatic N) is 1. The molecule has 2 aromatic rings. The van der Waals surface area contributed by atoms with Gasteiger partial charge in [0.1, 0.15) is 5.82 Å². The van der Waals surface area contributed by atoms with Gasteiger partial charge in [-0.2, -0.15) is 0 Å². The van der Waals surface area contributed by atoms with Gasteiger partial charge >= 0.3 is 0 Å². The van der Waals surface area contributed by atoms with E-state index in [4.69, 9.17) is 9.72 Å². The second kappa shape index (κ2) is 7.40. The maximum absolute atomic E-state index is 13.5. The Hall–Kier alpha value is -1.26. The molecule has 2 aliphatic carbocycles. The lowest BCUT2D eigenvalue weighted by Crippen LogP contribution is -2.23. The SMILES string of the molecule is COCc1c(C2CC(C)C2)nc(C2CC2)c(CBr)c1-c1ccc(F)cc1. The van der Waals surface area contributed by atoms with Gasteiger partial charge in [-0.15, -0.1) is 0 Å². The Kier molecular flexibility index (Phi) is 5.15. The van der Waals surface area contributed by atoms with Crippen molar-refractivity contribution >= 4 is 15.9 Å². The highest BCUT2D eigenvalue weighted by Crippen LogP contribution is 2.49. The van der Waals surface area contributed by atoms with Crippen molar-refractivity contribution in [3.8, 4) is 11.1 Å². The number of alkyl halides is 1. The number of halogens is 2. The average molecular weight is 418 g/mol.